The number of hydrogen-bond acceptors (Lipinski definition) is 5. The van der Waals surface area contributed by atoms with E-state index in [4.69, 9.17) is 15.1 Å². The number of fused-ring (bicyclic) bond motifs is 2. The largest absolute Gasteiger partial charge is 0.492 e. The Labute approximate surface area is 215 Å². The molecule has 1 aliphatic rings. The molecule has 9 nitrogen and oxygen atoms in total. The van der Waals surface area contributed by atoms with Crippen molar-refractivity contribution in [3.63, 3.8) is 0 Å². The molecule has 0 saturated carbocycles. The number of amides is 2. The van der Waals surface area contributed by atoms with E-state index in [1.54, 1.807) is 17.0 Å². The first-order chi connectivity index (χ1) is 17.9. The van der Waals surface area contributed by atoms with E-state index in [-0.39, 0.29) is 17.6 Å². The van der Waals surface area contributed by atoms with E-state index in [9.17, 15) is 14.0 Å². The Kier molecular flexibility index (Phi) is 8.05. The van der Waals surface area contributed by atoms with Crippen molar-refractivity contribution < 1.29 is 18.7 Å². The van der Waals surface area contributed by atoms with E-state index in [2.05, 4.69) is 10.6 Å². The molecule has 37 heavy (non-hydrogen) atoms. The second-order valence-electron chi connectivity index (χ2n) is 8.95. The topological polar surface area (TPSA) is 112 Å². The molecule has 1 unspecified atom stereocenters. The number of aryl methyl sites for hydroxylation is 1. The maximum atomic E-state index is 13.6. The fraction of sp³-hybridized carbons (Fsp3) is 0.407. The molecule has 0 aliphatic carbocycles. The number of hydrogen-bond donors (Lipinski definition) is 3. The first-order valence-electron chi connectivity index (χ1n) is 12.6. The lowest BCUT2D eigenvalue weighted by Gasteiger charge is -2.20. The van der Waals surface area contributed by atoms with Crippen molar-refractivity contribution in [1.82, 2.24) is 25.1 Å². The number of imidazole rings is 1. The summed E-state index contributed by atoms with van der Waals surface area (Å²) >= 11 is 0. The maximum Gasteiger partial charge on any atom is 0.255 e. The van der Waals surface area contributed by atoms with Crippen LogP contribution >= 0.6 is 0 Å². The van der Waals surface area contributed by atoms with Gasteiger partial charge in [0.2, 0.25) is 0 Å². The number of carbonyl (C=O) groups is 2. The molecule has 0 spiro atoms. The molecule has 3 N–H and O–H groups in total. The average Bonchev–Trinajstić information content (AvgIpc) is 3.42. The van der Waals surface area contributed by atoms with Gasteiger partial charge in [0, 0.05) is 26.7 Å². The molecule has 2 heterocycles. The minimum atomic E-state index is -0.854. The van der Waals surface area contributed by atoms with Gasteiger partial charge in [-0.3, -0.25) is 15.0 Å². The molecule has 3 aromatic rings. The van der Waals surface area contributed by atoms with Crippen molar-refractivity contribution >= 4 is 28.7 Å². The number of carbonyl (C=O) groups excluding carboxylic acids is 2. The minimum absolute atomic E-state index is 0.141. The Morgan fingerprint density at radius 2 is 2.03 bits per heavy atom. The summed E-state index contributed by atoms with van der Waals surface area (Å²) in [7, 11) is 1.89. The second-order valence-corrected chi connectivity index (χ2v) is 8.95. The Bertz CT molecular complexity index is 1320. The third-order valence-electron chi connectivity index (χ3n) is 6.61. The average molecular weight is 509 g/mol. The predicted molar refractivity (Wildman–Crippen MR) is 140 cm³/mol. The highest BCUT2D eigenvalue weighted by Crippen LogP contribution is 2.30. The van der Waals surface area contributed by atoms with Gasteiger partial charge in [0.05, 0.1) is 29.3 Å². The number of halogens is 1. The number of benzene rings is 2. The predicted octanol–water partition coefficient (Wildman–Crippen LogP) is 3.74. The van der Waals surface area contributed by atoms with E-state index >= 15 is 0 Å². The van der Waals surface area contributed by atoms with Gasteiger partial charge in [0.15, 0.2) is 0 Å². The smallest absolute Gasteiger partial charge is 0.255 e. The van der Waals surface area contributed by atoms with Crippen molar-refractivity contribution in [3.8, 4) is 5.75 Å². The summed E-state index contributed by atoms with van der Waals surface area (Å²) in [5.74, 6) is 0.636. The van der Waals surface area contributed by atoms with Crippen molar-refractivity contribution in [2.24, 2.45) is 7.05 Å². The zero-order valence-electron chi connectivity index (χ0n) is 21.4. The van der Waals surface area contributed by atoms with E-state index in [1.165, 1.54) is 0 Å². The number of para-hydroxylation sites is 1. The number of amidine groups is 1. The summed E-state index contributed by atoms with van der Waals surface area (Å²) < 4.78 is 20.4. The van der Waals surface area contributed by atoms with Crippen LogP contribution < -0.4 is 15.4 Å². The van der Waals surface area contributed by atoms with E-state index < -0.39 is 12.7 Å². The summed E-state index contributed by atoms with van der Waals surface area (Å²) in [6, 6.07) is 10.6. The van der Waals surface area contributed by atoms with Gasteiger partial charge in [-0.15, -0.1) is 0 Å². The third kappa shape index (κ3) is 5.28. The van der Waals surface area contributed by atoms with Gasteiger partial charge < -0.3 is 24.8 Å². The Morgan fingerprint density at radius 1 is 1.24 bits per heavy atom. The third-order valence-corrected chi connectivity index (χ3v) is 6.61. The number of ether oxygens (including phenoxy) is 1. The lowest BCUT2D eigenvalue weighted by molar-refractivity contribution is 0.0780. The monoisotopic (exact) mass is 508 g/mol. The standard InChI is InChI=1S/C27H33FN6O3/c1-4-34-16-17-9-6-10-18(23(17)27(34)36)26(35)31-19(11-8-14-30-22(29)15-28)25-32-24-20(33(25)3)12-7-13-21(24)37-5-2/h6-7,9-10,12-13,19H,4-5,8,11,14-16H2,1-3H3,(H2,29,30)(H,31,35). The van der Waals surface area contributed by atoms with Crippen molar-refractivity contribution in [2.45, 2.75) is 39.3 Å². The minimum Gasteiger partial charge on any atom is -0.492 e. The molecule has 4 rings (SSSR count). The SMILES string of the molecule is CCOc1cccc2c1nc(C(CCCNC(=N)CF)NC(=O)c1cccc3c1C(=O)N(CC)C3)n2C. The van der Waals surface area contributed by atoms with Gasteiger partial charge in [-0.2, -0.15) is 0 Å². The highest BCUT2D eigenvalue weighted by Gasteiger charge is 2.32. The van der Waals surface area contributed by atoms with Crippen LogP contribution in [0.5, 0.6) is 5.75 Å². The van der Waals surface area contributed by atoms with E-state index in [0.717, 1.165) is 11.1 Å². The highest BCUT2D eigenvalue weighted by atomic mass is 19.1. The summed E-state index contributed by atoms with van der Waals surface area (Å²) in [5.41, 5.74) is 3.20. The number of aromatic nitrogens is 2. The quantitative estimate of drug-likeness (QED) is 0.208. The Morgan fingerprint density at radius 3 is 2.76 bits per heavy atom. The number of nitrogens with zero attached hydrogens (tertiary/aromatic N) is 3. The summed E-state index contributed by atoms with van der Waals surface area (Å²) in [5, 5.41) is 13.3. The van der Waals surface area contributed by atoms with Crippen LogP contribution in [0.15, 0.2) is 36.4 Å². The van der Waals surface area contributed by atoms with Crippen molar-refractivity contribution in [1.29, 1.82) is 5.41 Å². The summed E-state index contributed by atoms with van der Waals surface area (Å²) in [4.78, 5) is 33.1. The van der Waals surface area contributed by atoms with Gasteiger partial charge in [0.1, 0.15) is 29.6 Å². The van der Waals surface area contributed by atoms with Crippen LogP contribution in [-0.4, -0.2) is 58.5 Å². The number of nitrogens with one attached hydrogen (secondary N) is 3. The van der Waals surface area contributed by atoms with Gasteiger partial charge >= 0.3 is 0 Å². The molecule has 1 aromatic heterocycles. The Balaban J connectivity index is 1.65. The summed E-state index contributed by atoms with van der Waals surface area (Å²) in [6.07, 6.45) is 1.05. The fourth-order valence-electron chi connectivity index (χ4n) is 4.75. The molecule has 2 aromatic carbocycles. The van der Waals surface area contributed by atoms with Gasteiger partial charge in [-0.1, -0.05) is 18.2 Å². The van der Waals surface area contributed by atoms with Gasteiger partial charge in [0.25, 0.3) is 11.8 Å². The van der Waals surface area contributed by atoms with Gasteiger partial charge in [-0.05, 0) is 50.5 Å². The van der Waals surface area contributed by atoms with Crippen LogP contribution in [0.4, 0.5) is 4.39 Å². The zero-order valence-corrected chi connectivity index (χ0v) is 21.4. The number of rotatable bonds is 11. The molecule has 2 amide bonds. The molecule has 0 fully saturated rings. The molecule has 0 radical (unpaired) electrons. The van der Waals surface area contributed by atoms with Crippen LogP contribution in [-0.2, 0) is 13.6 Å². The fourth-order valence-corrected chi connectivity index (χ4v) is 4.75. The summed E-state index contributed by atoms with van der Waals surface area (Å²) in [6.45, 7) is 4.91. The van der Waals surface area contributed by atoms with Crippen molar-refractivity contribution in [2.75, 3.05) is 26.4 Å². The van der Waals surface area contributed by atoms with E-state index in [0.29, 0.717) is 67.3 Å². The molecule has 196 valence electrons. The first-order valence-corrected chi connectivity index (χ1v) is 12.6. The molecule has 1 atom stereocenters. The van der Waals surface area contributed by atoms with Crippen LogP contribution in [0.3, 0.4) is 0 Å². The first kappa shape index (κ1) is 26.1. The molecular weight excluding hydrogens is 475 g/mol. The van der Waals surface area contributed by atoms with E-state index in [1.807, 2.05) is 49.7 Å². The van der Waals surface area contributed by atoms with Crippen LogP contribution in [0.1, 0.15) is 64.8 Å². The molecule has 1 aliphatic heterocycles. The van der Waals surface area contributed by atoms with Crippen LogP contribution in [0.2, 0.25) is 0 Å². The highest BCUT2D eigenvalue weighted by molar-refractivity contribution is 6.09. The number of alkyl halides is 1. The lowest BCUT2D eigenvalue weighted by atomic mass is 10.0. The maximum absolute atomic E-state index is 13.6. The molecule has 0 saturated heterocycles. The Hall–Kier alpha value is -3.95. The molecule has 10 heteroatoms. The van der Waals surface area contributed by atoms with Gasteiger partial charge in [-0.25, -0.2) is 9.37 Å². The van der Waals surface area contributed by atoms with Crippen LogP contribution in [0, 0.1) is 5.41 Å². The van der Waals surface area contributed by atoms with Crippen LogP contribution in [0.25, 0.3) is 11.0 Å². The molecule has 0 bridgehead atoms. The van der Waals surface area contributed by atoms with Crippen molar-refractivity contribution in [3.05, 3.63) is 58.9 Å². The zero-order chi connectivity index (χ0) is 26.5. The lowest BCUT2D eigenvalue weighted by Crippen LogP contribution is -2.33. The normalized spacial score (nSPS) is 13.5. The molecular formula is C27H33FN6O3. The second kappa shape index (κ2) is 11.4.